The molecule has 0 heterocycles. The van der Waals surface area contributed by atoms with Crippen LogP contribution >= 0.6 is 0 Å². The van der Waals surface area contributed by atoms with Crippen molar-refractivity contribution in [2.24, 2.45) is 10.2 Å². The van der Waals surface area contributed by atoms with Crippen molar-refractivity contribution in [3.05, 3.63) is 90.5 Å². The minimum absolute atomic E-state index is 0.329. The first-order valence-corrected chi connectivity index (χ1v) is 9.92. The van der Waals surface area contributed by atoms with Gasteiger partial charge in [-0.05, 0) is 35.0 Å². The van der Waals surface area contributed by atoms with Crippen molar-refractivity contribution in [1.82, 2.24) is 0 Å². The monoisotopic (exact) mass is 389 g/mol. The van der Waals surface area contributed by atoms with Gasteiger partial charge in [0.2, 0.25) is 0 Å². The van der Waals surface area contributed by atoms with Gasteiger partial charge in [-0.3, -0.25) is 0 Å². The summed E-state index contributed by atoms with van der Waals surface area (Å²) in [7, 11) is -1.87. The van der Waals surface area contributed by atoms with E-state index in [1.165, 1.54) is 0 Å². The molecule has 0 atom stereocenters. The Kier molecular flexibility index (Phi) is 6.43. The number of ether oxygens (including phenoxy) is 1. The Labute approximate surface area is 164 Å². The summed E-state index contributed by atoms with van der Waals surface area (Å²) in [5.74, 6) is 0.329. The van der Waals surface area contributed by atoms with Crippen molar-refractivity contribution in [2.75, 3.05) is 0 Å². The standard InChI is InChI=1S/C21H17N2O4Si/c1-16-9-8-10-17(15-16)26-20(24)22-23-21(25)27-28(18-11-4-2-5-12-18)19-13-6-3-7-14-19/h2-15H,1H3. The van der Waals surface area contributed by atoms with E-state index in [2.05, 4.69) is 10.2 Å². The number of nitrogens with zero attached hydrogens (tertiary/aromatic N) is 2. The van der Waals surface area contributed by atoms with Crippen LogP contribution in [0.3, 0.4) is 0 Å². The number of carbonyl (C=O) groups excluding carboxylic acids is 2. The van der Waals surface area contributed by atoms with Gasteiger partial charge in [-0.15, -0.1) is 0 Å². The Morgan fingerprint density at radius 3 is 1.89 bits per heavy atom. The molecule has 139 valence electrons. The maximum Gasteiger partial charge on any atom is 0.458 e. The molecule has 2 amide bonds. The molecule has 0 unspecified atom stereocenters. The van der Waals surface area contributed by atoms with Gasteiger partial charge in [0.1, 0.15) is 5.75 Å². The highest BCUT2D eigenvalue weighted by Gasteiger charge is 2.24. The van der Waals surface area contributed by atoms with Crippen LogP contribution in [0.15, 0.2) is 95.2 Å². The van der Waals surface area contributed by atoms with E-state index in [1.807, 2.05) is 73.7 Å². The van der Waals surface area contributed by atoms with Gasteiger partial charge in [-0.25, -0.2) is 9.59 Å². The Balaban J connectivity index is 1.68. The van der Waals surface area contributed by atoms with E-state index < -0.39 is 21.2 Å². The molecule has 6 nitrogen and oxygen atoms in total. The number of carbonyl (C=O) groups is 2. The van der Waals surface area contributed by atoms with Crippen LogP contribution in [0, 0.1) is 6.92 Å². The fraction of sp³-hybridized carbons (Fsp3) is 0.0476. The van der Waals surface area contributed by atoms with E-state index >= 15 is 0 Å². The molecule has 0 bridgehead atoms. The van der Waals surface area contributed by atoms with Crippen molar-refractivity contribution in [3.8, 4) is 5.75 Å². The van der Waals surface area contributed by atoms with Crippen molar-refractivity contribution in [3.63, 3.8) is 0 Å². The van der Waals surface area contributed by atoms with E-state index in [4.69, 9.17) is 9.16 Å². The minimum Gasteiger partial charge on any atom is -0.490 e. The van der Waals surface area contributed by atoms with Gasteiger partial charge >= 0.3 is 21.2 Å². The zero-order chi connectivity index (χ0) is 19.8. The molecule has 0 aliphatic carbocycles. The van der Waals surface area contributed by atoms with E-state index in [0.29, 0.717) is 5.75 Å². The average molecular weight is 389 g/mol. The van der Waals surface area contributed by atoms with Crippen LogP contribution in [-0.4, -0.2) is 21.2 Å². The summed E-state index contributed by atoms with van der Waals surface area (Å²) < 4.78 is 10.6. The van der Waals surface area contributed by atoms with Crippen molar-refractivity contribution in [2.45, 2.75) is 6.92 Å². The van der Waals surface area contributed by atoms with Gasteiger partial charge in [0.25, 0.3) is 0 Å². The average Bonchev–Trinajstić information content (AvgIpc) is 2.72. The molecule has 0 saturated heterocycles. The smallest absolute Gasteiger partial charge is 0.458 e. The molecule has 0 spiro atoms. The zero-order valence-electron chi connectivity index (χ0n) is 15.1. The first kappa shape index (κ1) is 19.2. The lowest BCUT2D eigenvalue weighted by Crippen LogP contribution is -2.45. The maximum atomic E-state index is 12.1. The van der Waals surface area contributed by atoms with Crippen LogP contribution in [-0.2, 0) is 4.43 Å². The molecule has 3 rings (SSSR count). The van der Waals surface area contributed by atoms with Crippen LogP contribution in [0.2, 0.25) is 0 Å². The van der Waals surface area contributed by atoms with E-state index in [9.17, 15) is 9.59 Å². The van der Waals surface area contributed by atoms with Crippen molar-refractivity contribution in [1.29, 1.82) is 0 Å². The molecular formula is C21H17N2O4Si. The highest BCUT2D eigenvalue weighted by atomic mass is 28.3. The normalized spacial score (nSPS) is 10.8. The number of amides is 2. The predicted octanol–water partition coefficient (Wildman–Crippen LogP) is 3.89. The second-order valence-electron chi connectivity index (χ2n) is 5.81. The van der Waals surface area contributed by atoms with E-state index in [-0.39, 0.29) is 0 Å². The summed E-state index contributed by atoms with van der Waals surface area (Å²) in [6.45, 7) is 1.87. The van der Waals surface area contributed by atoms with Crippen molar-refractivity contribution >= 4 is 31.6 Å². The zero-order valence-corrected chi connectivity index (χ0v) is 16.1. The topological polar surface area (TPSA) is 77.3 Å². The molecule has 0 fully saturated rings. The third-order valence-corrected chi connectivity index (χ3v) is 5.76. The molecule has 3 aromatic carbocycles. The van der Waals surface area contributed by atoms with Gasteiger partial charge in [0.05, 0.1) is 0 Å². The number of hydrogen-bond acceptors (Lipinski definition) is 4. The van der Waals surface area contributed by atoms with Gasteiger partial charge in [-0.1, -0.05) is 83.0 Å². The van der Waals surface area contributed by atoms with Gasteiger partial charge in [0.15, 0.2) is 0 Å². The SMILES string of the molecule is Cc1cccc(OC(=O)N=NC(=O)O[Si](c2ccccc2)c2ccccc2)c1. The molecule has 0 aliphatic heterocycles. The second kappa shape index (κ2) is 9.38. The Hall–Kier alpha value is -3.58. The van der Waals surface area contributed by atoms with Crippen LogP contribution in [0.4, 0.5) is 9.59 Å². The highest BCUT2D eigenvalue weighted by molar-refractivity contribution is 6.81. The molecule has 0 saturated carbocycles. The maximum absolute atomic E-state index is 12.1. The lowest BCUT2D eigenvalue weighted by molar-refractivity contribution is 0.201. The predicted molar refractivity (Wildman–Crippen MR) is 106 cm³/mol. The fourth-order valence-electron chi connectivity index (χ4n) is 2.45. The molecule has 3 aromatic rings. The molecule has 0 N–H and O–H groups in total. The molecule has 28 heavy (non-hydrogen) atoms. The molecular weight excluding hydrogens is 372 g/mol. The lowest BCUT2D eigenvalue weighted by atomic mass is 10.2. The molecule has 1 radical (unpaired) electrons. The van der Waals surface area contributed by atoms with E-state index in [0.717, 1.165) is 15.9 Å². The van der Waals surface area contributed by atoms with Gasteiger partial charge in [-0.2, -0.15) is 0 Å². The molecule has 0 aliphatic rings. The summed E-state index contributed by atoms with van der Waals surface area (Å²) in [5, 5.41) is 8.40. The van der Waals surface area contributed by atoms with Crippen LogP contribution in [0.25, 0.3) is 0 Å². The first-order chi connectivity index (χ1) is 13.6. The van der Waals surface area contributed by atoms with Crippen LogP contribution < -0.4 is 15.1 Å². The quantitative estimate of drug-likeness (QED) is 0.501. The summed E-state index contributed by atoms with van der Waals surface area (Å²) in [6.07, 6.45) is -1.93. The number of aryl methyl sites for hydroxylation is 1. The van der Waals surface area contributed by atoms with Crippen molar-refractivity contribution < 1.29 is 18.8 Å². The summed E-state index contributed by atoms with van der Waals surface area (Å²) in [6, 6.07) is 25.7. The largest absolute Gasteiger partial charge is 0.490 e. The Morgan fingerprint density at radius 2 is 1.32 bits per heavy atom. The molecule has 0 aromatic heterocycles. The third kappa shape index (κ3) is 5.45. The highest BCUT2D eigenvalue weighted by Crippen LogP contribution is 2.13. The third-order valence-electron chi connectivity index (χ3n) is 3.67. The lowest BCUT2D eigenvalue weighted by Gasteiger charge is -2.13. The van der Waals surface area contributed by atoms with E-state index in [1.54, 1.807) is 18.2 Å². The summed E-state index contributed by atoms with van der Waals surface area (Å²) in [4.78, 5) is 23.9. The first-order valence-electron chi connectivity index (χ1n) is 8.51. The number of rotatable bonds is 4. The number of benzene rings is 3. The van der Waals surface area contributed by atoms with Crippen LogP contribution in [0.1, 0.15) is 5.56 Å². The van der Waals surface area contributed by atoms with Gasteiger partial charge in [0, 0.05) is 0 Å². The molecule has 7 heteroatoms. The Morgan fingerprint density at radius 1 is 0.750 bits per heavy atom. The fourth-order valence-corrected chi connectivity index (χ4v) is 4.23. The second-order valence-corrected chi connectivity index (χ2v) is 7.83. The van der Waals surface area contributed by atoms with Gasteiger partial charge < -0.3 is 9.16 Å². The summed E-state index contributed by atoms with van der Waals surface area (Å²) >= 11 is 0. The Bertz CT molecular complexity index is 938. The number of hydrogen-bond donors (Lipinski definition) is 0. The number of azo groups is 1. The summed E-state index contributed by atoms with van der Waals surface area (Å²) in [5.41, 5.74) is 0.930. The van der Waals surface area contributed by atoms with Crippen LogP contribution in [0.5, 0.6) is 5.75 Å². The minimum atomic E-state index is -1.87.